The summed E-state index contributed by atoms with van der Waals surface area (Å²) in [6.07, 6.45) is 0. The normalized spacial score (nSPS) is 19.7. The molecule has 1 saturated heterocycles. The van der Waals surface area contributed by atoms with Crippen molar-refractivity contribution in [3.05, 3.63) is 41.5 Å². The number of halogens is 1. The third kappa shape index (κ3) is 1.08. The van der Waals surface area contributed by atoms with Crippen LogP contribution < -0.4 is 10.6 Å². The highest BCUT2D eigenvalue weighted by molar-refractivity contribution is 6.24. The Hall–Kier alpha value is -1.94. The fourth-order valence-corrected chi connectivity index (χ4v) is 2.82. The first-order chi connectivity index (χ1) is 8.69. The number of carbonyl (C=O) groups is 1. The Labute approximate surface area is 103 Å². The number of carbonyl (C=O) groups excluding carboxylic acids is 1. The van der Waals surface area contributed by atoms with Gasteiger partial charge < -0.3 is 10.6 Å². The zero-order chi connectivity index (χ0) is 12.3. The summed E-state index contributed by atoms with van der Waals surface area (Å²) in [5, 5.41) is 7.46. The summed E-state index contributed by atoms with van der Waals surface area (Å²) in [5.41, 5.74) is 0.798. The number of benzene rings is 2. The predicted octanol–water partition coefficient (Wildman–Crippen LogP) is 2.17. The van der Waals surface area contributed by atoms with Gasteiger partial charge in [-0.15, -0.1) is 0 Å². The smallest absolute Gasteiger partial charge is 0.256 e. The Morgan fingerprint density at radius 2 is 2.00 bits per heavy atom. The molecule has 0 bridgehead atoms. The summed E-state index contributed by atoms with van der Waals surface area (Å²) in [5.74, 6) is -0.104. The lowest BCUT2D eigenvalue weighted by molar-refractivity contribution is 0.0907. The SMILES string of the molecule is O=C1Nc2cccc3c(C4(F)CNC4)ccc1c23. The van der Waals surface area contributed by atoms with Crippen LogP contribution in [0.2, 0.25) is 0 Å². The van der Waals surface area contributed by atoms with Gasteiger partial charge in [0, 0.05) is 29.7 Å². The minimum Gasteiger partial charge on any atom is -0.321 e. The van der Waals surface area contributed by atoms with E-state index in [9.17, 15) is 9.18 Å². The summed E-state index contributed by atoms with van der Waals surface area (Å²) in [7, 11) is 0. The maximum absolute atomic E-state index is 14.6. The van der Waals surface area contributed by atoms with Crippen LogP contribution in [0, 0.1) is 0 Å². The fraction of sp³-hybridized carbons (Fsp3) is 0.214. The van der Waals surface area contributed by atoms with E-state index in [-0.39, 0.29) is 5.91 Å². The van der Waals surface area contributed by atoms with Crippen molar-refractivity contribution in [1.29, 1.82) is 0 Å². The fourth-order valence-electron chi connectivity index (χ4n) is 2.82. The molecule has 0 atom stereocenters. The van der Waals surface area contributed by atoms with Gasteiger partial charge in [-0.3, -0.25) is 4.79 Å². The average Bonchev–Trinajstić information content (AvgIpc) is 2.66. The Balaban J connectivity index is 2.08. The lowest BCUT2D eigenvalue weighted by atomic mass is 9.85. The van der Waals surface area contributed by atoms with Crippen LogP contribution >= 0.6 is 0 Å². The van der Waals surface area contributed by atoms with Crippen molar-refractivity contribution >= 4 is 22.4 Å². The summed E-state index contributed by atoms with van der Waals surface area (Å²) in [6.45, 7) is 0.681. The van der Waals surface area contributed by atoms with E-state index < -0.39 is 5.67 Å². The van der Waals surface area contributed by atoms with Crippen LogP contribution in [0.15, 0.2) is 30.3 Å². The summed E-state index contributed by atoms with van der Waals surface area (Å²) < 4.78 is 14.6. The van der Waals surface area contributed by atoms with Crippen LogP contribution in [0.5, 0.6) is 0 Å². The lowest BCUT2D eigenvalue weighted by Crippen LogP contribution is -2.53. The first-order valence-corrected chi connectivity index (χ1v) is 5.96. The van der Waals surface area contributed by atoms with Crippen LogP contribution in [-0.2, 0) is 5.67 Å². The van der Waals surface area contributed by atoms with E-state index >= 15 is 0 Å². The van der Waals surface area contributed by atoms with Gasteiger partial charge in [-0.1, -0.05) is 18.2 Å². The van der Waals surface area contributed by atoms with E-state index in [1.807, 2.05) is 18.2 Å². The molecule has 2 aromatic rings. The van der Waals surface area contributed by atoms with Crippen molar-refractivity contribution in [3.8, 4) is 0 Å². The number of alkyl halides is 1. The molecule has 18 heavy (non-hydrogen) atoms. The van der Waals surface area contributed by atoms with Crippen LogP contribution in [0.3, 0.4) is 0 Å². The number of anilines is 1. The number of nitrogens with one attached hydrogen (secondary N) is 2. The highest BCUT2D eigenvalue weighted by Crippen LogP contribution is 2.40. The molecule has 0 aromatic heterocycles. The molecule has 1 amide bonds. The van der Waals surface area contributed by atoms with Crippen LogP contribution in [0.4, 0.5) is 10.1 Å². The molecule has 2 aliphatic heterocycles. The topological polar surface area (TPSA) is 41.1 Å². The molecule has 2 N–H and O–H groups in total. The number of hydrogen-bond donors (Lipinski definition) is 2. The molecule has 0 aliphatic carbocycles. The first-order valence-electron chi connectivity index (χ1n) is 5.96. The van der Waals surface area contributed by atoms with E-state index in [0.29, 0.717) is 24.2 Å². The van der Waals surface area contributed by atoms with E-state index in [1.165, 1.54) is 0 Å². The zero-order valence-corrected chi connectivity index (χ0v) is 9.59. The maximum atomic E-state index is 14.6. The van der Waals surface area contributed by atoms with Crippen molar-refractivity contribution < 1.29 is 9.18 Å². The van der Waals surface area contributed by atoms with Gasteiger partial charge in [-0.2, -0.15) is 0 Å². The molecule has 3 nitrogen and oxygen atoms in total. The Bertz CT molecular complexity index is 691. The second kappa shape index (κ2) is 3.09. The van der Waals surface area contributed by atoms with Crippen molar-refractivity contribution in [2.75, 3.05) is 18.4 Å². The molecule has 2 aliphatic rings. The number of rotatable bonds is 1. The average molecular weight is 242 g/mol. The van der Waals surface area contributed by atoms with Gasteiger partial charge in [-0.25, -0.2) is 4.39 Å². The van der Waals surface area contributed by atoms with Gasteiger partial charge in [0.1, 0.15) is 0 Å². The minimum absolute atomic E-state index is 0.104. The Morgan fingerprint density at radius 3 is 2.72 bits per heavy atom. The second-order valence-electron chi connectivity index (χ2n) is 4.91. The molecule has 0 unspecified atom stereocenters. The second-order valence-corrected chi connectivity index (χ2v) is 4.91. The van der Waals surface area contributed by atoms with Gasteiger partial charge in [0.2, 0.25) is 0 Å². The molecule has 4 heteroatoms. The molecule has 0 spiro atoms. The van der Waals surface area contributed by atoms with Crippen molar-refractivity contribution in [2.45, 2.75) is 5.67 Å². The monoisotopic (exact) mass is 242 g/mol. The molecule has 1 fully saturated rings. The van der Waals surface area contributed by atoms with Crippen molar-refractivity contribution in [2.24, 2.45) is 0 Å². The quantitative estimate of drug-likeness (QED) is 0.804. The van der Waals surface area contributed by atoms with Crippen molar-refractivity contribution in [3.63, 3.8) is 0 Å². The molecule has 0 radical (unpaired) electrons. The van der Waals surface area contributed by atoms with Gasteiger partial charge in [0.05, 0.1) is 0 Å². The molecular weight excluding hydrogens is 231 g/mol. The van der Waals surface area contributed by atoms with E-state index in [4.69, 9.17) is 0 Å². The van der Waals surface area contributed by atoms with E-state index in [0.717, 1.165) is 16.5 Å². The van der Waals surface area contributed by atoms with Gasteiger partial charge in [-0.05, 0) is 23.1 Å². The number of hydrogen-bond acceptors (Lipinski definition) is 2. The highest BCUT2D eigenvalue weighted by atomic mass is 19.1. The first kappa shape index (κ1) is 10.0. The Morgan fingerprint density at radius 1 is 1.17 bits per heavy atom. The van der Waals surface area contributed by atoms with E-state index in [2.05, 4.69) is 10.6 Å². The van der Waals surface area contributed by atoms with Gasteiger partial charge in [0.25, 0.3) is 5.91 Å². The lowest BCUT2D eigenvalue weighted by Gasteiger charge is -2.36. The summed E-state index contributed by atoms with van der Waals surface area (Å²) >= 11 is 0. The van der Waals surface area contributed by atoms with Crippen LogP contribution in [0.25, 0.3) is 10.8 Å². The van der Waals surface area contributed by atoms with E-state index in [1.54, 1.807) is 12.1 Å². The summed E-state index contributed by atoms with van der Waals surface area (Å²) in [4.78, 5) is 11.8. The van der Waals surface area contributed by atoms with Crippen molar-refractivity contribution in [1.82, 2.24) is 5.32 Å². The standard InChI is InChI=1S/C14H11FN2O/c15-14(6-16-7-14)10-5-4-9-12-8(10)2-1-3-11(12)17-13(9)18/h1-5,16H,6-7H2,(H,17,18). The zero-order valence-electron chi connectivity index (χ0n) is 9.59. The number of amides is 1. The minimum atomic E-state index is -1.30. The van der Waals surface area contributed by atoms with Crippen LogP contribution in [-0.4, -0.2) is 19.0 Å². The molecule has 0 saturated carbocycles. The van der Waals surface area contributed by atoms with Gasteiger partial charge in [0.15, 0.2) is 5.67 Å². The molecule has 2 heterocycles. The molecule has 2 aromatic carbocycles. The largest absolute Gasteiger partial charge is 0.321 e. The highest BCUT2D eigenvalue weighted by Gasteiger charge is 2.40. The summed E-state index contributed by atoms with van der Waals surface area (Å²) in [6, 6.07) is 9.06. The third-order valence-corrected chi connectivity index (χ3v) is 3.83. The third-order valence-electron chi connectivity index (χ3n) is 3.83. The van der Waals surface area contributed by atoms with Gasteiger partial charge >= 0.3 is 0 Å². The van der Waals surface area contributed by atoms with Crippen LogP contribution in [0.1, 0.15) is 15.9 Å². The molecular formula is C14H11FN2O. The Kier molecular flexibility index (Phi) is 1.72. The maximum Gasteiger partial charge on any atom is 0.256 e. The molecule has 4 rings (SSSR count). The molecule has 90 valence electrons. The predicted molar refractivity (Wildman–Crippen MR) is 67.6 cm³/mol.